The minimum atomic E-state index is 0.523. The zero-order valence-electron chi connectivity index (χ0n) is 9.87. The highest BCUT2D eigenvalue weighted by Crippen LogP contribution is 2.25. The van der Waals surface area contributed by atoms with Crippen molar-refractivity contribution in [3.05, 3.63) is 10.7 Å². The van der Waals surface area contributed by atoms with Crippen LogP contribution in [0, 0.1) is 0 Å². The molecule has 0 amide bonds. The predicted molar refractivity (Wildman–Crippen MR) is 77.9 cm³/mol. The smallest absolute Gasteiger partial charge is 0.224 e. The van der Waals surface area contributed by atoms with Gasteiger partial charge in [-0.2, -0.15) is 16.7 Å². The van der Waals surface area contributed by atoms with Crippen LogP contribution in [0.1, 0.15) is 19.8 Å². The van der Waals surface area contributed by atoms with Gasteiger partial charge in [-0.05, 0) is 41.4 Å². The van der Waals surface area contributed by atoms with Crippen LogP contribution in [0.25, 0.3) is 0 Å². The standard InChI is InChI=1S/C11H17BrN4S/c1-2-13-11-14-6-9(12)10(16-11)15-8-4-3-5-17-7-8/h6,8H,2-5,7H2,1H3,(H2,13,14,15,16). The van der Waals surface area contributed by atoms with Crippen molar-refractivity contribution in [3.63, 3.8) is 0 Å². The number of hydrogen-bond acceptors (Lipinski definition) is 5. The van der Waals surface area contributed by atoms with Crippen LogP contribution in [0.15, 0.2) is 10.7 Å². The third kappa shape index (κ3) is 3.74. The zero-order valence-corrected chi connectivity index (χ0v) is 12.3. The molecule has 0 radical (unpaired) electrons. The van der Waals surface area contributed by atoms with Gasteiger partial charge in [0.05, 0.1) is 4.47 Å². The fourth-order valence-electron chi connectivity index (χ4n) is 1.76. The number of anilines is 2. The van der Waals surface area contributed by atoms with E-state index in [1.54, 1.807) is 6.20 Å². The average Bonchev–Trinajstić information content (AvgIpc) is 2.35. The van der Waals surface area contributed by atoms with Crippen molar-refractivity contribution in [1.29, 1.82) is 0 Å². The van der Waals surface area contributed by atoms with E-state index in [0.717, 1.165) is 22.6 Å². The van der Waals surface area contributed by atoms with E-state index in [2.05, 4.69) is 36.5 Å². The summed E-state index contributed by atoms with van der Waals surface area (Å²) < 4.78 is 0.926. The highest BCUT2D eigenvalue weighted by molar-refractivity contribution is 9.10. The Balaban J connectivity index is 2.04. The van der Waals surface area contributed by atoms with Gasteiger partial charge in [-0.25, -0.2) is 4.98 Å². The Hall–Kier alpha value is -0.490. The van der Waals surface area contributed by atoms with Crippen molar-refractivity contribution in [2.75, 3.05) is 28.7 Å². The second-order valence-electron chi connectivity index (χ2n) is 3.98. The summed E-state index contributed by atoms with van der Waals surface area (Å²) in [4.78, 5) is 8.67. The van der Waals surface area contributed by atoms with Gasteiger partial charge in [0.1, 0.15) is 5.82 Å². The van der Waals surface area contributed by atoms with Crippen molar-refractivity contribution in [2.45, 2.75) is 25.8 Å². The molecule has 1 aromatic rings. The van der Waals surface area contributed by atoms with Gasteiger partial charge >= 0.3 is 0 Å². The highest BCUT2D eigenvalue weighted by atomic mass is 79.9. The molecule has 1 atom stereocenters. The van der Waals surface area contributed by atoms with E-state index in [4.69, 9.17) is 0 Å². The second kappa shape index (κ2) is 6.44. The quantitative estimate of drug-likeness (QED) is 0.894. The average molecular weight is 317 g/mol. The van der Waals surface area contributed by atoms with E-state index < -0.39 is 0 Å². The summed E-state index contributed by atoms with van der Waals surface area (Å²) in [6.07, 6.45) is 4.30. The van der Waals surface area contributed by atoms with E-state index >= 15 is 0 Å². The third-order valence-electron chi connectivity index (χ3n) is 2.58. The van der Waals surface area contributed by atoms with Gasteiger partial charge in [-0.15, -0.1) is 0 Å². The fraction of sp³-hybridized carbons (Fsp3) is 0.636. The molecule has 4 nitrogen and oxygen atoms in total. The first-order chi connectivity index (χ1) is 8.29. The van der Waals surface area contributed by atoms with Crippen LogP contribution < -0.4 is 10.6 Å². The van der Waals surface area contributed by atoms with E-state index in [9.17, 15) is 0 Å². The molecule has 2 heterocycles. The SMILES string of the molecule is CCNc1ncc(Br)c(NC2CCCSC2)n1. The number of thioether (sulfide) groups is 1. The number of nitrogens with zero attached hydrogens (tertiary/aromatic N) is 2. The van der Waals surface area contributed by atoms with Crippen LogP contribution in [-0.2, 0) is 0 Å². The molecule has 1 aromatic heterocycles. The molecule has 6 heteroatoms. The lowest BCUT2D eigenvalue weighted by Gasteiger charge is -2.23. The van der Waals surface area contributed by atoms with Crippen molar-refractivity contribution < 1.29 is 0 Å². The van der Waals surface area contributed by atoms with E-state index in [0.29, 0.717) is 12.0 Å². The summed E-state index contributed by atoms with van der Waals surface area (Å²) in [7, 11) is 0. The lowest BCUT2D eigenvalue weighted by Crippen LogP contribution is -2.26. The summed E-state index contributed by atoms with van der Waals surface area (Å²) in [5.74, 6) is 4.02. The van der Waals surface area contributed by atoms with Crippen LogP contribution >= 0.6 is 27.7 Å². The molecular weight excluding hydrogens is 300 g/mol. The fourth-order valence-corrected chi connectivity index (χ4v) is 3.14. The Bertz CT molecular complexity index is 368. The van der Waals surface area contributed by atoms with Gasteiger partial charge < -0.3 is 10.6 Å². The molecule has 1 saturated heterocycles. The molecular formula is C11H17BrN4S. The Labute approximate surface area is 115 Å². The summed E-state index contributed by atoms with van der Waals surface area (Å²) >= 11 is 5.49. The first kappa shape index (κ1) is 13.0. The molecule has 0 spiro atoms. The molecule has 94 valence electrons. The molecule has 17 heavy (non-hydrogen) atoms. The topological polar surface area (TPSA) is 49.8 Å². The lowest BCUT2D eigenvalue weighted by atomic mass is 10.2. The first-order valence-corrected chi connectivity index (χ1v) is 7.85. The number of halogens is 1. The van der Waals surface area contributed by atoms with E-state index in [-0.39, 0.29) is 0 Å². The van der Waals surface area contributed by atoms with Crippen molar-refractivity contribution in [3.8, 4) is 0 Å². The van der Waals surface area contributed by atoms with Gasteiger partial charge in [0.25, 0.3) is 0 Å². The van der Waals surface area contributed by atoms with Gasteiger partial charge in [-0.1, -0.05) is 0 Å². The molecule has 0 saturated carbocycles. The second-order valence-corrected chi connectivity index (χ2v) is 5.98. The van der Waals surface area contributed by atoms with Crippen LogP contribution in [0.2, 0.25) is 0 Å². The molecule has 1 unspecified atom stereocenters. The summed E-state index contributed by atoms with van der Waals surface area (Å²) in [6, 6.07) is 0.523. The van der Waals surface area contributed by atoms with Gasteiger partial charge in [0, 0.05) is 24.5 Å². The lowest BCUT2D eigenvalue weighted by molar-refractivity contribution is 0.681. The van der Waals surface area contributed by atoms with Crippen molar-refractivity contribution in [1.82, 2.24) is 9.97 Å². The molecule has 1 aliphatic rings. The van der Waals surface area contributed by atoms with Crippen LogP contribution in [0.4, 0.5) is 11.8 Å². The Morgan fingerprint density at radius 2 is 2.47 bits per heavy atom. The van der Waals surface area contributed by atoms with Gasteiger partial charge in [-0.3, -0.25) is 0 Å². The van der Waals surface area contributed by atoms with E-state index in [1.165, 1.54) is 18.6 Å². The van der Waals surface area contributed by atoms with Crippen LogP contribution in [0.3, 0.4) is 0 Å². The van der Waals surface area contributed by atoms with Crippen molar-refractivity contribution in [2.24, 2.45) is 0 Å². The number of nitrogens with one attached hydrogen (secondary N) is 2. The van der Waals surface area contributed by atoms with Gasteiger partial charge in [0.15, 0.2) is 0 Å². The number of hydrogen-bond donors (Lipinski definition) is 2. The summed E-state index contributed by atoms with van der Waals surface area (Å²) in [5, 5.41) is 6.61. The molecule has 0 bridgehead atoms. The summed E-state index contributed by atoms with van der Waals surface area (Å²) in [5.41, 5.74) is 0. The number of aromatic nitrogens is 2. The Kier molecular flexibility index (Phi) is 4.91. The first-order valence-electron chi connectivity index (χ1n) is 5.90. The minimum Gasteiger partial charge on any atom is -0.365 e. The molecule has 2 N–H and O–H groups in total. The van der Waals surface area contributed by atoms with E-state index in [1.807, 2.05) is 18.7 Å². The molecule has 2 rings (SSSR count). The monoisotopic (exact) mass is 316 g/mol. The predicted octanol–water partition coefficient (Wildman–Crippen LogP) is 2.98. The maximum Gasteiger partial charge on any atom is 0.224 e. The Morgan fingerprint density at radius 1 is 1.59 bits per heavy atom. The normalized spacial score (nSPS) is 20.0. The largest absolute Gasteiger partial charge is 0.365 e. The summed E-state index contributed by atoms with van der Waals surface area (Å²) in [6.45, 7) is 2.87. The number of rotatable bonds is 4. The molecule has 1 fully saturated rings. The van der Waals surface area contributed by atoms with Crippen LogP contribution in [0.5, 0.6) is 0 Å². The minimum absolute atomic E-state index is 0.523. The molecule has 1 aliphatic heterocycles. The third-order valence-corrected chi connectivity index (χ3v) is 4.38. The molecule has 0 aliphatic carbocycles. The molecule has 0 aromatic carbocycles. The van der Waals surface area contributed by atoms with Crippen LogP contribution in [-0.4, -0.2) is 34.1 Å². The maximum atomic E-state index is 4.47. The Morgan fingerprint density at radius 3 is 3.18 bits per heavy atom. The zero-order chi connectivity index (χ0) is 12.1. The maximum absolute atomic E-state index is 4.47. The van der Waals surface area contributed by atoms with Gasteiger partial charge in [0.2, 0.25) is 5.95 Å². The van der Waals surface area contributed by atoms with Crippen molar-refractivity contribution >= 4 is 39.5 Å². The highest BCUT2D eigenvalue weighted by Gasteiger charge is 2.15.